The number of hydrogen-bond acceptors (Lipinski definition) is 6. The number of piperidine rings is 1. The molecular formula is C34H46N6O3. The summed E-state index contributed by atoms with van der Waals surface area (Å²) in [6.45, 7) is 10.0. The van der Waals surface area contributed by atoms with Gasteiger partial charge in [0.25, 0.3) is 5.91 Å². The Morgan fingerprint density at radius 3 is 2.23 bits per heavy atom. The van der Waals surface area contributed by atoms with E-state index in [2.05, 4.69) is 33.4 Å². The number of anilines is 1. The van der Waals surface area contributed by atoms with Gasteiger partial charge in [-0.05, 0) is 69.8 Å². The molecule has 1 fully saturated rings. The van der Waals surface area contributed by atoms with E-state index in [9.17, 15) is 9.59 Å². The fourth-order valence-electron chi connectivity index (χ4n) is 6.51. The smallest absolute Gasteiger partial charge is 0.276 e. The molecule has 2 amide bonds. The fraction of sp³-hybridized carbons (Fsp3) is 0.529. The van der Waals surface area contributed by atoms with Crippen molar-refractivity contribution in [2.45, 2.75) is 84.7 Å². The first-order chi connectivity index (χ1) is 21.0. The van der Waals surface area contributed by atoms with Crippen LogP contribution in [0.1, 0.15) is 87.0 Å². The second-order valence-electron chi connectivity index (χ2n) is 11.8. The molecule has 2 aromatic carbocycles. The highest BCUT2D eigenvalue weighted by Crippen LogP contribution is 2.28. The van der Waals surface area contributed by atoms with Crippen LogP contribution < -0.4 is 9.64 Å². The number of hydrogen-bond donors (Lipinski definition) is 0. The molecule has 2 aliphatic heterocycles. The van der Waals surface area contributed by atoms with E-state index >= 15 is 0 Å². The monoisotopic (exact) mass is 586 g/mol. The number of carbonyl (C=O) groups is 2. The lowest BCUT2D eigenvalue weighted by Crippen LogP contribution is -2.47. The van der Waals surface area contributed by atoms with Crippen LogP contribution in [-0.4, -0.2) is 75.4 Å². The van der Waals surface area contributed by atoms with E-state index in [0.29, 0.717) is 42.9 Å². The van der Waals surface area contributed by atoms with Gasteiger partial charge in [-0.2, -0.15) is 0 Å². The zero-order chi connectivity index (χ0) is 30.2. The second kappa shape index (κ2) is 14.6. The highest BCUT2D eigenvalue weighted by molar-refractivity contribution is 5.93. The number of fused-ring (bicyclic) bond motifs is 1. The van der Waals surface area contributed by atoms with Gasteiger partial charge in [0.15, 0.2) is 5.69 Å². The van der Waals surface area contributed by atoms with Crippen LogP contribution in [0.3, 0.4) is 0 Å². The normalized spacial score (nSPS) is 17.8. The summed E-state index contributed by atoms with van der Waals surface area (Å²) in [4.78, 5) is 32.8. The van der Waals surface area contributed by atoms with E-state index in [1.54, 1.807) is 11.6 Å². The first kappa shape index (κ1) is 30.7. The second-order valence-corrected chi connectivity index (χ2v) is 11.8. The maximum absolute atomic E-state index is 13.6. The first-order valence-corrected chi connectivity index (χ1v) is 16.0. The number of nitrogens with zero attached hydrogens (tertiary/aromatic N) is 6. The molecule has 1 aromatic heterocycles. The SMILES string of the molecule is CCOc1ccccc1-n1nnc(C(=O)N2CCC(N3CCCCCCCCN(C(C)=O)c4ccccc4C3)CC2)c1C. The summed E-state index contributed by atoms with van der Waals surface area (Å²) in [5, 5.41) is 8.65. The largest absolute Gasteiger partial charge is 0.492 e. The van der Waals surface area contributed by atoms with Crippen LogP contribution in [0.25, 0.3) is 5.69 Å². The molecule has 9 nitrogen and oxygen atoms in total. The van der Waals surface area contributed by atoms with Gasteiger partial charge in [0.1, 0.15) is 11.4 Å². The molecule has 0 aliphatic carbocycles. The topological polar surface area (TPSA) is 83.8 Å². The van der Waals surface area contributed by atoms with Crippen molar-refractivity contribution < 1.29 is 14.3 Å². The number of ether oxygens (including phenoxy) is 1. The van der Waals surface area contributed by atoms with Crippen LogP contribution >= 0.6 is 0 Å². The summed E-state index contributed by atoms with van der Waals surface area (Å²) >= 11 is 0. The Morgan fingerprint density at radius 1 is 0.860 bits per heavy atom. The molecular weight excluding hydrogens is 540 g/mol. The van der Waals surface area contributed by atoms with E-state index < -0.39 is 0 Å². The van der Waals surface area contributed by atoms with Crippen LogP contribution in [-0.2, 0) is 11.3 Å². The van der Waals surface area contributed by atoms with Gasteiger partial charge in [0.2, 0.25) is 5.91 Å². The van der Waals surface area contributed by atoms with Gasteiger partial charge in [0.05, 0.1) is 12.3 Å². The molecule has 0 unspecified atom stereocenters. The summed E-state index contributed by atoms with van der Waals surface area (Å²) in [5.74, 6) is 0.755. The molecule has 0 spiro atoms. The zero-order valence-electron chi connectivity index (χ0n) is 26.0. The van der Waals surface area contributed by atoms with E-state index in [-0.39, 0.29) is 11.8 Å². The number of rotatable bonds is 5. The molecule has 0 bridgehead atoms. The molecule has 0 saturated carbocycles. The number of aromatic nitrogens is 3. The highest BCUT2D eigenvalue weighted by atomic mass is 16.5. The molecule has 9 heteroatoms. The number of carbonyl (C=O) groups excluding carboxylic acids is 2. The minimum Gasteiger partial charge on any atom is -0.492 e. The maximum Gasteiger partial charge on any atom is 0.276 e. The quantitative estimate of drug-likeness (QED) is 0.377. The van der Waals surface area contributed by atoms with E-state index in [1.165, 1.54) is 31.2 Å². The lowest BCUT2D eigenvalue weighted by atomic mass is 10.0. The Hall–Kier alpha value is -3.72. The highest BCUT2D eigenvalue weighted by Gasteiger charge is 2.31. The van der Waals surface area contributed by atoms with Gasteiger partial charge < -0.3 is 14.5 Å². The average Bonchev–Trinajstić information content (AvgIpc) is 3.41. The van der Waals surface area contributed by atoms with Crippen molar-refractivity contribution in [3.8, 4) is 11.4 Å². The van der Waals surface area contributed by atoms with Gasteiger partial charge in [0, 0.05) is 44.8 Å². The predicted molar refractivity (Wildman–Crippen MR) is 169 cm³/mol. The standard InChI is InChI=1S/C34H46N6O3/c1-4-43-32-18-12-11-17-31(32)40-26(2)33(35-36-40)34(42)37-23-19-29(20-24-37)38-21-13-7-5-6-8-14-22-39(27(3)41)30-16-10-9-15-28(30)25-38/h9-12,15-18,29H,4-8,13-14,19-25H2,1-3H3. The molecule has 0 N–H and O–H groups in total. The van der Waals surface area contributed by atoms with E-state index in [0.717, 1.165) is 56.7 Å². The van der Waals surface area contributed by atoms with Crippen LogP contribution in [0.15, 0.2) is 48.5 Å². The van der Waals surface area contributed by atoms with Gasteiger partial charge in [-0.15, -0.1) is 5.10 Å². The molecule has 43 heavy (non-hydrogen) atoms. The maximum atomic E-state index is 13.6. The molecule has 3 aromatic rings. The lowest BCUT2D eigenvalue weighted by molar-refractivity contribution is -0.116. The van der Waals surface area contributed by atoms with Crippen molar-refractivity contribution >= 4 is 17.5 Å². The minimum absolute atomic E-state index is 0.0662. The van der Waals surface area contributed by atoms with Crippen LogP contribution in [0.2, 0.25) is 0 Å². The van der Waals surface area contributed by atoms with Crippen molar-refractivity contribution in [3.63, 3.8) is 0 Å². The molecule has 0 atom stereocenters. The molecule has 5 rings (SSSR count). The average molecular weight is 587 g/mol. The van der Waals surface area contributed by atoms with Crippen LogP contribution in [0.5, 0.6) is 5.75 Å². The van der Waals surface area contributed by atoms with Crippen molar-refractivity contribution in [2.75, 3.05) is 37.7 Å². The number of amides is 2. The van der Waals surface area contributed by atoms with Gasteiger partial charge in [-0.1, -0.05) is 61.2 Å². The molecule has 0 radical (unpaired) electrons. The number of likely N-dealkylation sites (tertiary alicyclic amines) is 1. The summed E-state index contributed by atoms with van der Waals surface area (Å²) in [7, 11) is 0. The Balaban J connectivity index is 1.29. The Kier molecular flexibility index (Phi) is 10.5. The minimum atomic E-state index is -0.0662. The fourth-order valence-corrected chi connectivity index (χ4v) is 6.51. The van der Waals surface area contributed by atoms with Gasteiger partial charge in [-0.25, -0.2) is 4.68 Å². The third-order valence-electron chi connectivity index (χ3n) is 8.87. The van der Waals surface area contributed by atoms with Crippen molar-refractivity contribution in [3.05, 3.63) is 65.5 Å². The third-order valence-corrected chi connectivity index (χ3v) is 8.87. The summed E-state index contributed by atoms with van der Waals surface area (Å²) in [5.41, 5.74) is 4.13. The summed E-state index contributed by atoms with van der Waals surface area (Å²) in [6.07, 6.45) is 8.87. The van der Waals surface area contributed by atoms with Crippen molar-refractivity contribution in [1.82, 2.24) is 24.8 Å². The molecule has 230 valence electrons. The Morgan fingerprint density at radius 2 is 1.51 bits per heavy atom. The van der Waals surface area contributed by atoms with Crippen LogP contribution in [0.4, 0.5) is 5.69 Å². The molecule has 2 aliphatic rings. The predicted octanol–water partition coefficient (Wildman–Crippen LogP) is 5.79. The molecule has 3 heterocycles. The van der Waals surface area contributed by atoms with Crippen molar-refractivity contribution in [1.29, 1.82) is 0 Å². The zero-order valence-corrected chi connectivity index (χ0v) is 26.0. The Labute approximate surface area is 255 Å². The van der Waals surface area contributed by atoms with E-state index in [1.807, 2.05) is 54.0 Å². The Bertz CT molecular complexity index is 1380. The third kappa shape index (κ3) is 7.26. The van der Waals surface area contributed by atoms with Gasteiger partial charge in [-0.3, -0.25) is 14.5 Å². The number of para-hydroxylation sites is 3. The van der Waals surface area contributed by atoms with Gasteiger partial charge >= 0.3 is 0 Å². The number of benzene rings is 2. The van der Waals surface area contributed by atoms with Crippen molar-refractivity contribution in [2.24, 2.45) is 0 Å². The molecule has 1 saturated heterocycles. The lowest BCUT2D eigenvalue weighted by Gasteiger charge is -2.39. The van der Waals surface area contributed by atoms with E-state index in [4.69, 9.17) is 4.74 Å². The first-order valence-electron chi connectivity index (χ1n) is 16.0. The summed E-state index contributed by atoms with van der Waals surface area (Å²) in [6, 6.07) is 16.5. The summed E-state index contributed by atoms with van der Waals surface area (Å²) < 4.78 is 7.48. The van der Waals surface area contributed by atoms with Crippen LogP contribution in [0, 0.1) is 6.92 Å².